The molecule has 0 saturated heterocycles. The van der Waals surface area contributed by atoms with Crippen LogP contribution in [0.5, 0.6) is 5.75 Å². The Morgan fingerprint density at radius 2 is 2.00 bits per heavy atom. The van der Waals surface area contributed by atoms with Gasteiger partial charge in [0.1, 0.15) is 17.9 Å². The van der Waals surface area contributed by atoms with Crippen LogP contribution >= 0.6 is 0 Å². The molecule has 0 aliphatic heterocycles. The molecule has 1 heterocycles. The number of hydrogen-bond donors (Lipinski definition) is 1. The first-order valence-electron chi connectivity index (χ1n) is 8.68. The van der Waals surface area contributed by atoms with E-state index in [0.29, 0.717) is 32.6 Å². The van der Waals surface area contributed by atoms with Gasteiger partial charge >= 0.3 is 0 Å². The average molecular weight is 353 g/mol. The number of nitrogens with one attached hydrogen (secondary N) is 1. The van der Waals surface area contributed by atoms with Gasteiger partial charge in [0.2, 0.25) is 5.91 Å². The van der Waals surface area contributed by atoms with Gasteiger partial charge in [0.05, 0.1) is 12.9 Å². The monoisotopic (exact) mass is 353 g/mol. The molecule has 0 saturated carbocycles. The van der Waals surface area contributed by atoms with Crippen LogP contribution in [-0.2, 0) is 22.5 Å². The van der Waals surface area contributed by atoms with Crippen LogP contribution < -0.4 is 10.1 Å². The summed E-state index contributed by atoms with van der Waals surface area (Å²) in [6.07, 6.45) is 2.77. The van der Waals surface area contributed by atoms with E-state index in [1.165, 1.54) is 0 Å². The lowest BCUT2D eigenvalue weighted by Gasteiger charge is -2.08. The third-order valence-corrected chi connectivity index (χ3v) is 4.11. The first-order valence-corrected chi connectivity index (χ1v) is 8.68. The number of ether oxygens (including phenoxy) is 2. The number of hydrogen-bond acceptors (Lipinski definition) is 4. The van der Waals surface area contributed by atoms with Crippen molar-refractivity contribution in [2.75, 3.05) is 20.3 Å². The number of aryl methyl sites for hydroxylation is 1. The van der Waals surface area contributed by atoms with E-state index in [1.54, 1.807) is 13.4 Å². The van der Waals surface area contributed by atoms with E-state index < -0.39 is 0 Å². The number of amides is 1. The number of benzene rings is 2. The van der Waals surface area contributed by atoms with Gasteiger partial charge in [-0.3, -0.25) is 4.79 Å². The van der Waals surface area contributed by atoms with Crippen LogP contribution in [0.2, 0.25) is 0 Å². The summed E-state index contributed by atoms with van der Waals surface area (Å²) >= 11 is 0. The summed E-state index contributed by atoms with van der Waals surface area (Å²) < 4.78 is 15.9. The van der Waals surface area contributed by atoms with Gasteiger partial charge in [-0.1, -0.05) is 24.3 Å². The molecule has 3 aromatic rings. The maximum atomic E-state index is 12.1. The van der Waals surface area contributed by atoms with Gasteiger partial charge in [-0.05, 0) is 41.8 Å². The molecule has 136 valence electrons. The van der Waals surface area contributed by atoms with Crippen molar-refractivity contribution in [3.05, 3.63) is 65.9 Å². The van der Waals surface area contributed by atoms with Crippen LogP contribution in [0.25, 0.3) is 11.0 Å². The molecule has 0 aliphatic rings. The standard InChI is InChI=1S/C21H23NO4/c1-24-11-12-25-19-4-2-3-16(13-19)6-8-21(23)22-15-17-5-7-18-9-10-26-20(18)14-17/h2-5,7,9-10,13-14H,6,8,11-12,15H2,1H3,(H,22,23). The minimum atomic E-state index is 0.0234. The lowest BCUT2D eigenvalue weighted by Crippen LogP contribution is -2.22. The van der Waals surface area contributed by atoms with Crippen LogP contribution in [0.1, 0.15) is 17.5 Å². The molecule has 0 spiro atoms. The molecule has 0 radical (unpaired) electrons. The maximum Gasteiger partial charge on any atom is 0.220 e. The predicted octanol–water partition coefficient (Wildman–Crippen LogP) is 3.71. The van der Waals surface area contributed by atoms with Crippen LogP contribution in [0.15, 0.2) is 59.2 Å². The number of fused-ring (bicyclic) bond motifs is 1. The molecule has 2 aromatic carbocycles. The molecule has 0 aliphatic carbocycles. The summed E-state index contributed by atoms with van der Waals surface area (Å²) in [5, 5.41) is 4.02. The Labute approximate surface area is 152 Å². The Balaban J connectivity index is 1.45. The Morgan fingerprint density at radius 3 is 2.88 bits per heavy atom. The van der Waals surface area contributed by atoms with Crippen LogP contribution in [0.4, 0.5) is 0 Å². The van der Waals surface area contributed by atoms with Crippen molar-refractivity contribution in [1.29, 1.82) is 0 Å². The molecule has 3 rings (SSSR count). The molecule has 26 heavy (non-hydrogen) atoms. The second kappa shape index (κ2) is 9.06. The molecule has 0 bridgehead atoms. The summed E-state index contributed by atoms with van der Waals surface area (Å²) in [5.41, 5.74) is 2.93. The number of rotatable bonds is 9. The van der Waals surface area contributed by atoms with Crippen LogP contribution in [0, 0.1) is 0 Å². The number of furan rings is 1. The smallest absolute Gasteiger partial charge is 0.220 e. The minimum Gasteiger partial charge on any atom is -0.491 e. The Hall–Kier alpha value is -2.79. The number of carbonyl (C=O) groups excluding carboxylic acids is 1. The number of carbonyl (C=O) groups is 1. The van der Waals surface area contributed by atoms with Gasteiger partial charge < -0.3 is 19.2 Å². The highest BCUT2D eigenvalue weighted by Gasteiger charge is 2.05. The lowest BCUT2D eigenvalue weighted by atomic mass is 10.1. The van der Waals surface area contributed by atoms with E-state index in [9.17, 15) is 4.79 Å². The van der Waals surface area contributed by atoms with Gasteiger partial charge in [0.25, 0.3) is 0 Å². The summed E-state index contributed by atoms with van der Waals surface area (Å²) in [6, 6.07) is 15.7. The summed E-state index contributed by atoms with van der Waals surface area (Å²) in [4.78, 5) is 12.1. The molecule has 1 aromatic heterocycles. The minimum absolute atomic E-state index is 0.0234. The van der Waals surface area contributed by atoms with Gasteiger partial charge in [-0.25, -0.2) is 0 Å². The third kappa shape index (κ3) is 5.10. The maximum absolute atomic E-state index is 12.1. The van der Waals surface area contributed by atoms with Crippen molar-refractivity contribution in [1.82, 2.24) is 5.32 Å². The number of methoxy groups -OCH3 is 1. The lowest BCUT2D eigenvalue weighted by molar-refractivity contribution is -0.121. The molecule has 5 heteroatoms. The van der Waals surface area contributed by atoms with E-state index in [2.05, 4.69) is 5.32 Å². The summed E-state index contributed by atoms with van der Waals surface area (Å²) in [7, 11) is 1.64. The largest absolute Gasteiger partial charge is 0.491 e. The SMILES string of the molecule is COCCOc1cccc(CCC(=O)NCc2ccc3ccoc3c2)c1. The second-order valence-corrected chi connectivity index (χ2v) is 6.06. The normalized spacial score (nSPS) is 10.8. The molecule has 0 fully saturated rings. The van der Waals surface area contributed by atoms with Crippen molar-refractivity contribution in [3.8, 4) is 5.75 Å². The molecular weight excluding hydrogens is 330 g/mol. The van der Waals surface area contributed by atoms with E-state index in [1.807, 2.05) is 48.5 Å². The molecular formula is C21H23NO4. The van der Waals surface area contributed by atoms with Gasteiger partial charge in [-0.2, -0.15) is 0 Å². The van der Waals surface area contributed by atoms with Gasteiger partial charge in [0.15, 0.2) is 0 Å². The van der Waals surface area contributed by atoms with Gasteiger partial charge in [0, 0.05) is 25.5 Å². The summed E-state index contributed by atoms with van der Waals surface area (Å²) in [6.45, 7) is 1.56. The average Bonchev–Trinajstić information content (AvgIpc) is 3.13. The zero-order valence-electron chi connectivity index (χ0n) is 14.9. The zero-order chi connectivity index (χ0) is 18.2. The molecule has 5 nitrogen and oxygen atoms in total. The van der Waals surface area contributed by atoms with E-state index in [4.69, 9.17) is 13.9 Å². The molecule has 1 amide bonds. The first kappa shape index (κ1) is 18.0. The topological polar surface area (TPSA) is 60.7 Å². The van der Waals surface area contributed by atoms with Crippen molar-refractivity contribution in [2.45, 2.75) is 19.4 Å². The Morgan fingerprint density at radius 1 is 1.08 bits per heavy atom. The van der Waals surface area contributed by atoms with Crippen molar-refractivity contribution in [3.63, 3.8) is 0 Å². The summed E-state index contributed by atoms with van der Waals surface area (Å²) in [5.74, 6) is 0.821. The molecule has 0 unspecified atom stereocenters. The van der Waals surface area contributed by atoms with E-state index in [-0.39, 0.29) is 5.91 Å². The van der Waals surface area contributed by atoms with Crippen molar-refractivity contribution >= 4 is 16.9 Å². The van der Waals surface area contributed by atoms with Gasteiger partial charge in [-0.15, -0.1) is 0 Å². The van der Waals surface area contributed by atoms with Crippen molar-refractivity contribution in [2.24, 2.45) is 0 Å². The van der Waals surface area contributed by atoms with Crippen molar-refractivity contribution < 1.29 is 18.7 Å². The van der Waals surface area contributed by atoms with E-state index >= 15 is 0 Å². The highest BCUT2D eigenvalue weighted by atomic mass is 16.5. The fourth-order valence-electron chi connectivity index (χ4n) is 2.69. The fraction of sp³-hybridized carbons (Fsp3) is 0.286. The van der Waals surface area contributed by atoms with E-state index in [0.717, 1.165) is 27.8 Å². The highest BCUT2D eigenvalue weighted by molar-refractivity contribution is 5.78. The van der Waals surface area contributed by atoms with Crippen LogP contribution in [0.3, 0.4) is 0 Å². The molecule has 1 N–H and O–H groups in total. The first-order chi connectivity index (χ1) is 12.7. The second-order valence-electron chi connectivity index (χ2n) is 6.06. The highest BCUT2D eigenvalue weighted by Crippen LogP contribution is 2.17. The zero-order valence-corrected chi connectivity index (χ0v) is 14.9. The van der Waals surface area contributed by atoms with Crippen LogP contribution in [-0.4, -0.2) is 26.2 Å². The fourth-order valence-corrected chi connectivity index (χ4v) is 2.69. The Kier molecular flexibility index (Phi) is 6.28. The quantitative estimate of drug-likeness (QED) is 0.596. The third-order valence-electron chi connectivity index (χ3n) is 4.11. The molecule has 0 atom stereocenters. The predicted molar refractivity (Wildman–Crippen MR) is 100 cm³/mol. The Bertz CT molecular complexity index is 856.